The molecule has 2 N–H and O–H groups in total. The van der Waals surface area contributed by atoms with Crippen LogP contribution in [0.1, 0.15) is 23.1 Å². The zero-order chi connectivity index (χ0) is 18.5. The van der Waals surface area contributed by atoms with E-state index in [-0.39, 0.29) is 0 Å². The fourth-order valence-electron chi connectivity index (χ4n) is 2.97. The first-order valence-electron chi connectivity index (χ1n) is 8.30. The van der Waals surface area contributed by atoms with Crippen molar-refractivity contribution in [1.82, 2.24) is 0 Å². The van der Waals surface area contributed by atoms with Gasteiger partial charge >= 0.3 is 5.97 Å². The van der Waals surface area contributed by atoms with Crippen LogP contribution in [0.4, 0.5) is 0 Å². The highest BCUT2D eigenvalue weighted by atomic mass is 32.2. The van der Waals surface area contributed by atoms with Gasteiger partial charge in [-0.1, -0.05) is 66.7 Å². The lowest BCUT2D eigenvalue weighted by atomic mass is 9.88. The molecule has 0 spiro atoms. The summed E-state index contributed by atoms with van der Waals surface area (Å²) in [6, 6.07) is 24.6. The van der Waals surface area contributed by atoms with Gasteiger partial charge in [0.05, 0.1) is 6.10 Å². The summed E-state index contributed by atoms with van der Waals surface area (Å²) in [6.07, 6.45) is 0.866. The fourth-order valence-corrected chi connectivity index (χ4v) is 3.38. The minimum absolute atomic E-state index is 0.582. The molecule has 0 saturated carbocycles. The molecule has 0 saturated heterocycles. The predicted octanol–water partition coefficient (Wildman–Crippen LogP) is 4.98. The lowest BCUT2D eigenvalue weighted by molar-refractivity contribution is -0.141. The Morgan fingerprint density at radius 1 is 0.808 bits per heavy atom. The van der Waals surface area contributed by atoms with E-state index in [0.29, 0.717) is 11.1 Å². The molecule has 0 heterocycles. The van der Waals surface area contributed by atoms with Gasteiger partial charge in [-0.3, -0.25) is 4.79 Å². The van der Waals surface area contributed by atoms with Gasteiger partial charge in [0.25, 0.3) is 0 Å². The molecule has 3 nitrogen and oxygen atoms in total. The van der Waals surface area contributed by atoms with Crippen molar-refractivity contribution in [3.8, 4) is 11.1 Å². The maximum absolute atomic E-state index is 11.8. The van der Waals surface area contributed by atoms with E-state index in [2.05, 4.69) is 0 Å². The summed E-state index contributed by atoms with van der Waals surface area (Å²) >= 11 is 1.60. The monoisotopic (exact) mass is 364 g/mol. The number of thioether (sulfide) groups is 1. The minimum atomic E-state index is -1.11. The summed E-state index contributed by atoms with van der Waals surface area (Å²) in [5.41, 5.74) is 3.26. The highest BCUT2D eigenvalue weighted by molar-refractivity contribution is 7.98. The number of carbonyl (C=O) groups is 1. The Kier molecular flexibility index (Phi) is 5.76. The largest absolute Gasteiger partial charge is 0.481 e. The van der Waals surface area contributed by atoms with Crippen molar-refractivity contribution in [1.29, 1.82) is 0 Å². The van der Waals surface area contributed by atoms with Gasteiger partial charge in [-0.05, 0) is 40.6 Å². The molecule has 3 rings (SSSR count). The molecule has 4 heteroatoms. The van der Waals surface area contributed by atoms with Crippen LogP contribution < -0.4 is 0 Å². The number of aliphatic hydroxyl groups excluding tert-OH is 1. The number of carboxylic acids is 1. The molecule has 0 aliphatic heterocycles. The van der Waals surface area contributed by atoms with E-state index >= 15 is 0 Å². The SMILES string of the molecule is CSc1ccc([C@@H](O)[C@@H](C(=O)O)c2ccc(-c3ccccc3)cc2)cc1. The van der Waals surface area contributed by atoms with Gasteiger partial charge in [0.2, 0.25) is 0 Å². The molecule has 26 heavy (non-hydrogen) atoms. The minimum Gasteiger partial charge on any atom is -0.481 e. The van der Waals surface area contributed by atoms with Crippen LogP contribution in [0.25, 0.3) is 11.1 Å². The fraction of sp³-hybridized carbons (Fsp3) is 0.136. The van der Waals surface area contributed by atoms with E-state index in [1.807, 2.05) is 60.9 Å². The van der Waals surface area contributed by atoms with E-state index < -0.39 is 18.0 Å². The Hall–Kier alpha value is -2.56. The Morgan fingerprint density at radius 3 is 1.88 bits per heavy atom. The van der Waals surface area contributed by atoms with Crippen molar-refractivity contribution in [2.75, 3.05) is 6.26 Å². The molecule has 3 aromatic carbocycles. The molecule has 0 bridgehead atoms. The standard InChI is InChI=1S/C22H20O3S/c1-26-19-13-11-18(12-14-19)21(23)20(22(24)25)17-9-7-16(8-10-17)15-5-3-2-4-6-15/h2-14,20-21,23H,1H3,(H,24,25)/t20-,21+/m0/s1. The van der Waals surface area contributed by atoms with Crippen LogP contribution in [-0.4, -0.2) is 22.4 Å². The van der Waals surface area contributed by atoms with Crippen LogP contribution in [0.3, 0.4) is 0 Å². The molecular formula is C22H20O3S. The van der Waals surface area contributed by atoms with Crippen molar-refractivity contribution < 1.29 is 15.0 Å². The number of carboxylic acid groups (broad SMARTS) is 1. The number of aliphatic hydroxyl groups is 1. The van der Waals surface area contributed by atoms with Gasteiger partial charge in [0, 0.05) is 4.90 Å². The third-order valence-corrected chi connectivity index (χ3v) is 5.16. The van der Waals surface area contributed by atoms with E-state index in [9.17, 15) is 15.0 Å². The second kappa shape index (κ2) is 8.21. The number of hydrogen-bond donors (Lipinski definition) is 2. The van der Waals surface area contributed by atoms with Crippen molar-refractivity contribution in [2.24, 2.45) is 0 Å². The summed E-state index contributed by atoms with van der Waals surface area (Å²) in [6.45, 7) is 0. The van der Waals surface area contributed by atoms with Crippen LogP contribution >= 0.6 is 11.8 Å². The third-order valence-electron chi connectivity index (χ3n) is 4.42. The van der Waals surface area contributed by atoms with Crippen LogP contribution in [0, 0.1) is 0 Å². The second-order valence-electron chi connectivity index (χ2n) is 6.02. The first-order valence-corrected chi connectivity index (χ1v) is 9.53. The summed E-state index contributed by atoms with van der Waals surface area (Å²) < 4.78 is 0. The summed E-state index contributed by atoms with van der Waals surface area (Å²) in [5, 5.41) is 20.3. The zero-order valence-corrected chi connectivity index (χ0v) is 15.2. The van der Waals surface area contributed by atoms with Gasteiger partial charge in [-0.2, -0.15) is 0 Å². The lowest BCUT2D eigenvalue weighted by Gasteiger charge is -2.20. The number of rotatable bonds is 6. The van der Waals surface area contributed by atoms with Gasteiger partial charge in [-0.15, -0.1) is 11.8 Å². The quantitative estimate of drug-likeness (QED) is 0.606. The molecule has 0 aliphatic rings. The second-order valence-corrected chi connectivity index (χ2v) is 6.90. The first kappa shape index (κ1) is 18.2. The molecule has 132 valence electrons. The lowest BCUT2D eigenvalue weighted by Crippen LogP contribution is -2.20. The number of benzene rings is 3. The van der Waals surface area contributed by atoms with E-state index in [0.717, 1.165) is 16.0 Å². The normalized spacial score (nSPS) is 13.2. The molecule has 2 atom stereocenters. The highest BCUT2D eigenvalue weighted by Gasteiger charge is 2.29. The number of aliphatic carboxylic acids is 1. The maximum atomic E-state index is 11.8. The molecule has 0 unspecified atom stereocenters. The molecule has 0 aromatic heterocycles. The Morgan fingerprint density at radius 2 is 1.35 bits per heavy atom. The molecule has 0 fully saturated rings. The summed E-state index contributed by atoms with van der Waals surface area (Å²) in [7, 11) is 0. The van der Waals surface area contributed by atoms with E-state index in [1.54, 1.807) is 36.0 Å². The maximum Gasteiger partial charge on any atom is 0.314 e. The summed E-state index contributed by atoms with van der Waals surface area (Å²) in [5.74, 6) is -2.06. The molecule has 3 aromatic rings. The van der Waals surface area contributed by atoms with Crippen molar-refractivity contribution in [3.63, 3.8) is 0 Å². The highest BCUT2D eigenvalue weighted by Crippen LogP contribution is 2.33. The average molecular weight is 364 g/mol. The molecule has 0 aliphatic carbocycles. The number of hydrogen-bond acceptors (Lipinski definition) is 3. The van der Waals surface area contributed by atoms with Crippen molar-refractivity contribution in [3.05, 3.63) is 90.0 Å². The van der Waals surface area contributed by atoms with Gasteiger partial charge in [0.15, 0.2) is 0 Å². The van der Waals surface area contributed by atoms with Crippen LogP contribution in [0.15, 0.2) is 83.8 Å². The van der Waals surface area contributed by atoms with E-state index in [4.69, 9.17) is 0 Å². The third kappa shape index (κ3) is 3.98. The smallest absolute Gasteiger partial charge is 0.314 e. The zero-order valence-electron chi connectivity index (χ0n) is 14.4. The molecule has 0 radical (unpaired) electrons. The van der Waals surface area contributed by atoms with Gasteiger partial charge in [-0.25, -0.2) is 0 Å². The summed E-state index contributed by atoms with van der Waals surface area (Å²) in [4.78, 5) is 12.9. The molecule has 0 amide bonds. The Labute approximate surface area is 157 Å². The Bertz CT molecular complexity index is 858. The van der Waals surface area contributed by atoms with Crippen molar-refractivity contribution in [2.45, 2.75) is 16.9 Å². The van der Waals surface area contributed by atoms with E-state index in [1.165, 1.54) is 0 Å². The molecular weight excluding hydrogens is 344 g/mol. The van der Waals surface area contributed by atoms with Crippen LogP contribution in [0.5, 0.6) is 0 Å². The first-order chi connectivity index (χ1) is 12.6. The average Bonchev–Trinajstić information content (AvgIpc) is 2.69. The van der Waals surface area contributed by atoms with Gasteiger partial charge < -0.3 is 10.2 Å². The Balaban J connectivity index is 1.88. The predicted molar refractivity (Wildman–Crippen MR) is 105 cm³/mol. The topological polar surface area (TPSA) is 57.5 Å². The van der Waals surface area contributed by atoms with Gasteiger partial charge in [0.1, 0.15) is 5.92 Å². The van der Waals surface area contributed by atoms with Crippen molar-refractivity contribution >= 4 is 17.7 Å². The van der Waals surface area contributed by atoms with Crippen LogP contribution in [-0.2, 0) is 4.79 Å². The van der Waals surface area contributed by atoms with Crippen LogP contribution in [0.2, 0.25) is 0 Å².